The predicted octanol–water partition coefficient (Wildman–Crippen LogP) is 7.24. The van der Waals surface area contributed by atoms with E-state index in [-0.39, 0.29) is 80.3 Å². The number of rotatable bonds is 12. The summed E-state index contributed by atoms with van der Waals surface area (Å²) in [6.07, 6.45) is 5.12. The second-order valence-electron chi connectivity index (χ2n) is 17.5. The maximum absolute atomic E-state index is 13.5. The van der Waals surface area contributed by atoms with Crippen molar-refractivity contribution in [1.82, 2.24) is 10.6 Å². The Morgan fingerprint density at radius 2 is 1.01 bits per heavy atom. The van der Waals surface area contributed by atoms with Crippen molar-refractivity contribution in [2.24, 2.45) is 0 Å². The monoisotopic (exact) mass is 1010 g/mol. The van der Waals surface area contributed by atoms with E-state index in [0.717, 1.165) is 90.8 Å². The molecule has 2 aliphatic heterocycles. The molecule has 0 bridgehead atoms. The number of fused-ring (bicyclic) bond motifs is 2. The fourth-order valence-electron chi connectivity index (χ4n) is 9.19. The first kappa shape index (κ1) is 50.0. The van der Waals surface area contributed by atoms with E-state index < -0.39 is 11.5 Å². The first-order valence-electron chi connectivity index (χ1n) is 22.1. The van der Waals surface area contributed by atoms with Gasteiger partial charge in [-0.2, -0.15) is 0 Å². The number of carbonyl (C=O) groups is 4. The Bertz CT molecular complexity index is 2920. The molecule has 0 spiro atoms. The number of nitrogens with one attached hydrogen (secondary N) is 2. The maximum atomic E-state index is 13.5. The van der Waals surface area contributed by atoms with Crippen molar-refractivity contribution in [1.29, 1.82) is 0 Å². The van der Waals surface area contributed by atoms with Crippen LogP contribution in [0.1, 0.15) is 97.1 Å². The molecule has 0 atom stereocenters. The van der Waals surface area contributed by atoms with Gasteiger partial charge in [-0.1, -0.05) is 119 Å². The normalized spacial score (nSPS) is 15.4. The number of esters is 1. The van der Waals surface area contributed by atoms with Gasteiger partial charge >= 0.3 is 57.4 Å². The second-order valence-corrected chi connectivity index (χ2v) is 19.2. The molecule has 2 fully saturated rings. The Kier molecular flexibility index (Phi) is 15.4. The number of nitrogens with zero attached hydrogens (tertiary/aromatic N) is 2. The number of carboxylic acid groups (broad SMARTS) is 1. The molecule has 4 aliphatic rings. The molecule has 10 nitrogen and oxygen atoms in total. The van der Waals surface area contributed by atoms with Crippen LogP contribution in [0.25, 0.3) is 0 Å². The third-order valence-corrected chi connectivity index (χ3v) is 14.4. The Morgan fingerprint density at radius 3 is 1.40 bits per heavy atom. The van der Waals surface area contributed by atoms with E-state index in [1.807, 2.05) is 60.7 Å². The first-order chi connectivity index (χ1) is 32.2. The molecule has 2 N–H and O–H groups in total. The smallest absolute Gasteiger partial charge is 0.545 e. The van der Waals surface area contributed by atoms with Gasteiger partial charge in [0.25, 0.3) is 11.8 Å². The standard InChI is InChI=1S/C27H24Cl2N2O3.C26H22Cl2N2O3.K/c1-17(32)34-21-8-6-20(7-9-21)27(12-13-27)30-26(33)22-4-2-3-19-11-14-31(25(19)22)16-18-5-10-23(28)24(29)15-18;27-21-9-4-16(14-22(21)28)15-30-13-10-17-2-1-3-20(23(17)30)24(31)29-26(11-12-26)19-7-5-18(6-8-19)25(32)33;/h2-10,15H,11-14,16H2,1H3,(H,30,33);1-9,14H,10-13,15H2,(H,29,31)(H,32,33);/q;;+1/p-1. The summed E-state index contributed by atoms with van der Waals surface area (Å²) in [6, 6.07) is 36.9. The molecule has 2 amide bonds. The van der Waals surface area contributed by atoms with Crippen molar-refractivity contribution in [3.63, 3.8) is 0 Å². The van der Waals surface area contributed by atoms with Gasteiger partial charge in [-0.05, 0) is 126 Å². The van der Waals surface area contributed by atoms with E-state index in [9.17, 15) is 24.3 Å². The van der Waals surface area contributed by atoms with Gasteiger partial charge in [0.15, 0.2) is 0 Å². The number of amides is 2. The fraction of sp³-hybridized carbons (Fsp3) is 0.245. The van der Waals surface area contributed by atoms with Crippen molar-refractivity contribution in [3.05, 3.63) is 191 Å². The number of para-hydroxylation sites is 2. The van der Waals surface area contributed by atoms with Crippen LogP contribution >= 0.6 is 46.4 Å². The minimum Gasteiger partial charge on any atom is -0.545 e. The molecular weight excluding hydrogens is 970 g/mol. The van der Waals surface area contributed by atoms with Crippen LogP contribution in [-0.2, 0) is 41.8 Å². The Labute approximate surface area is 457 Å². The molecular formula is C53H45Cl4KN4O6. The summed E-state index contributed by atoms with van der Waals surface area (Å²) in [7, 11) is 0. The van der Waals surface area contributed by atoms with Crippen molar-refractivity contribution in [3.8, 4) is 5.75 Å². The van der Waals surface area contributed by atoms with Crippen LogP contribution in [0, 0.1) is 0 Å². The van der Waals surface area contributed by atoms with Gasteiger partial charge in [0.1, 0.15) is 5.75 Å². The fourth-order valence-corrected chi connectivity index (χ4v) is 9.83. The van der Waals surface area contributed by atoms with Crippen molar-refractivity contribution < 1.29 is 80.4 Å². The van der Waals surface area contributed by atoms with E-state index in [2.05, 4.69) is 32.6 Å². The molecule has 342 valence electrons. The summed E-state index contributed by atoms with van der Waals surface area (Å²) in [5.41, 5.74) is 8.82. The number of hydrogen-bond donors (Lipinski definition) is 2. The average Bonchev–Trinajstić information content (AvgIpc) is 4.20. The average molecular weight is 1010 g/mol. The topological polar surface area (TPSA) is 131 Å². The Balaban J connectivity index is 0.000000181. The zero-order valence-corrected chi connectivity index (χ0v) is 43.6. The third-order valence-electron chi connectivity index (χ3n) is 12.9. The SMILES string of the molecule is CC(=O)Oc1ccc(C2(NC(=O)c3cccc4c3N(Cc3ccc(Cl)c(Cl)c3)CC4)CC2)cc1.O=C([O-])c1ccc(C2(NC(=O)c3cccc4c3N(Cc3ccc(Cl)c(Cl)c3)CC4)CC2)cc1.[K+]. The third kappa shape index (κ3) is 11.0. The Morgan fingerprint density at radius 1 is 0.588 bits per heavy atom. The zero-order chi connectivity index (χ0) is 47.0. The first-order valence-corrected chi connectivity index (χ1v) is 23.6. The number of carboxylic acids is 1. The molecule has 0 radical (unpaired) electrons. The van der Waals surface area contributed by atoms with Crippen molar-refractivity contribution in [2.75, 3.05) is 22.9 Å². The molecule has 2 saturated carbocycles. The minimum atomic E-state index is -1.21. The van der Waals surface area contributed by atoms with Gasteiger partial charge in [0, 0.05) is 33.1 Å². The summed E-state index contributed by atoms with van der Waals surface area (Å²) in [4.78, 5) is 53.6. The summed E-state index contributed by atoms with van der Waals surface area (Å²) >= 11 is 24.5. The van der Waals surface area contributed by atoms with Crippen LogP contribution in [0.5, 0.6) is 5.75 Å². The van der Waals surface area contributed by atoms with E-state index in [1.54, 1.807) is 36.4 Å². The van der Waals surface area contributed by atoms with Crippen molar-refractivity contribution >= 4 is 81.5 Å². The Hall–Kier alpha value is -4.40. The molecule has 0 aromatic heterocycles. The quantitative estimate of drug-likeness (QED) is 0.0746. The second kappa shape index (κ2) is 20.9. The van der Waals surface area contributed by atoms with E-state index in [4.69, 9.17) is 51.1 Å². The molecule has 2 aliphatic carbocycles. The van der Waals surface area contributed by atoms with Crippen LogP contribution in [0.3, 0.4) is 0 Å². The van der Waals surface area contributed by atoms with Crippen molar-refractivity contribution in [2.45, 2.75) is 69.6 Å². The van der Waals surface area contributed by atoms with E-state index in [0.29, 0.717) is 50.1 Å². The van der Waals surface area contributed by atoms with Crippen LogP contribution in [-0.4, -0.2) is 36.8 Å². The molecule has 68 heavy (non-hydrogen) atoms. The van der Waals surface area contributed by atoms with Gasteiger partial charge in [0.05, 0.1) is 59.6 Å². The predicted molar refractivity (Wildman–Crippen MR) is 261 cm³/mol. The number of hydrogen-bond acceptors (Lipinski definition) is 8. The molecule has 2 heterocycles. The summed E-state index contributed by atoms with van der Waals surface area (Å²) in [5, 5.41) is 19.6. The van der Waals surface area contributed by atoms with E-state index >= 15 is 0 Å². The summed E-state index contributed by atoms with van der Waals surface area (Å²) in [6.45, 7) is 4.30. The van der Waals surface area contributed by atoms with Crippen LogP contribution < -0.4 is 81.7 Å². The largest absolute Gasteiger partial charge is 1.00 e. The molecule has 0 unspecified atom stereocenters. The molecule has 6 aromatic rings. The number of halogens is 4. The van der Waals surface area contributed by atoms with Crippen LogP contribution in [0.2, 0.25) is 20.1 Å². The number of benzene rings is 6. The van der Waals surface area contributed by atoms with Crippen LogP contribution in [0.15, 0.2) is 121 Å². The number of carbonyl (C=O) groups excluding carboxylic acids is 4. The molecule has 10 rings (SSSR count). The number of aromatic carboxylic acids is 1. The van der Waals surface area contributed by atoms with E-state index in [1.165, 1.54) is 24.6 Å². The molecule has 0 saturated heterocycles. The van der Waals surface area contributed by atoms with Gasteiger partial charge in [-0.25, -0.2) is 0 Å². The number of ether oxygens (including phenoxy) is 1. The molecule has 15 heteroatoms. The van der Waals surface area contributed by atoms with Gasteiger partial charge < -0.3 is 35.1 Å². The van der Waals surface area contributed by atoms with Crippen LogP contribution in [0.4, 0.5) is 11.4 Å². The zero-order valence-electron chi connectivity index (χ0n) is 37.5. The van der Waals surface area contributed by atoms with Gasteiger partial charge in [-0.3, -0.25) is 14.4 Å². The van der Waals surface area contributed by atoms with Gasteiger partial charge in [0.2, 0.25) is 0 Å². The maximum Gasteiger partial charge on any atom is 1.00 e. The summed E-state index contributed by atoms with van der Waals surface area (Å²) in [5.74, 6) is -1.28. The summed E-state index contributed by atoms with van der Waals surface area (Å²) < 4.78 is 5.13. The molecule has 6 aromatic carbocycles. The van der Waals surface area contributed by atoms with Gasteiger partial charge in [-0.15, -0.1) is 0 Å². The minimum absolute atomic E-state index is 0. The number of anilines is 2.